The first-order valence-electron chi connectivity index (χ1n) is 13.8. The van der Waals surface area contributed by atoms with Gasteiger partial charge in [-0.05, 0) is 92.8 Å². The second kappa shape index (κ2) is 12.2. The predicted octanol–water partition coefficient (Wildman–Crippen LogP) is 6.82. The molecule has 1 aliphatic rings. The predicted molar refractivity (Wildman–Crippen MR) is 158 cm³/mol. The lowest BCUT2D eigenvalue weighted by molar-refractivity contribution is -0.132. The highest BCUT2D eigenvalue weighted by molar-refractivity contribution is 6.51. The molecule has 3 aromatic rings. The van der Waals surface area contributed by atoms with Crippen LogP contribution in [-0.4, -0.2) is 36.5 Å². The zero-order valence-corrected chi connectivity index (χ0v) is 23.5. The molecule has 0 radical (unpaired) electrons. The Kier molecular flexibility index (Phi) is 8.75. The van der Waals surface area contributed by atoms with Crippen LogP contribution in [0.1, 0.15) is 62.4 Å². The maximum atomic E-state index is 13.5. The molecular weight excluding hydrogens is 488 g/mol. The maximum Gasteiger partial charge on any atom is 0.300 e. The van der Waals surface area contributed by atoms with E-state index in [9.17, 15) is 14.7 Å². The normalized spacial score (nSPS) is 16.5. The van der Waals surface area contributed by atoms with Gasteiger partial charge in [-0.15, -0.1) is 0 Å². The van der Waals surface area contributed by atoms with E-state index < -0.39 is 17.7 Å². The van der Waals surface area contributed by atoms with E-state index in [1.54, 1.807) is 18.2 Å². The Labute approximate surface area is 231 Å². The number of Topliss-reactive ketones (excluding diaryl/α,β-unsaturated/α-hetero) is 1. The smallest absolute Gasteiger partial charge is 0.300 e. The van der Waals surface area contributed by atoms with E-state index in [1.807, 2.05) is 62.4 Å². The van der Waals surface area contributed by atoms with E-state index in [-0.39, 0.29) is 11.3 Å². The van der Waals surface area contributed by atoms with Gasteiger partial charge >= 0.3 is 0 Å². The number of aliphatic hydroxyl groups excluding tert-OH is 1. The van der Waals surface area contributed by atoms with Crippen molar-refractivity contribution in [1.29, 1.82) is 0 Å². The van der Waals surface area contributed by atoms with E-state index in [0.717, 1.165) is 54.1 Å². The van der Waals surface area contributed by atoms with Crippen LogP contribution in [0.2, 0.25) is 0 Å². The number of amides is 1. The van der Waals surface area contributed by atoms with Gasteiger partial charge in [-0.25, -0.2) is 0 Å². The van der Waals surface area contributed by atoms with Crippen LogP contribution in [0.5, 0.6) is 5.75 Å². The number of ketones is 1. The van der Waals surface area contributed by atoms with Gasteiger partial charge in [-0.1, -0.05) is 38.1 Å². The zero-order chi connectivity index (χ0) is 28.1. The molecule has 1 fully saturated rings. The Hall–Kier alpha value is -4.06. The summed E-state index contributed by atoms with van der Waals surface area (Å²) in [6, 6.07) is 20.1. The molecule has 4 rings (SSSR count). The van der Waals surface area contributed by atoms with Crippen LogP contribution in [0, 0.1) is 6.92 Å². The largest absolute Gasteiger partial charge is 0.507 e. The van der Waals surface area contributed by atoms with Crippen molar-refractivity contribution in [2.45, 2.75) is 53.5 Å². The number of rotatable bonds is 10. The lowest BCUT2D eigenvalue weighted by atomic mass is 9.94. The van der Waals surface area contributed by atoms with Crippen LogP contribution in [0.3, 0.4) is 0 Å². The molecule has 6 heteroatoms. The van der Waals surface area contributed by atoms with Crippen LogP contribution < -0.4 is 14.5 Å². The molecule has 0 aromatic heterocycles. The quantitative estimate of drug-likeness (QED) is 0.178. The lowest BCUT2D eigenvalue weighted by Crippen LogP contribution is -2.29. The molecule has 0 spiro atoms. The molecule has 1 amide bonds. The minimum atomic E-state index is -0.764. The molecule has 1 saturated heterocycles. The summed E-state index contributed by atoms with van der Waals surface area (Å²) in [6.07, 6.45) is 1.75. The monoisotopic (exact) mass is 526 g/mol. The van der Waals surface area contributed by atoms with Crippen molar-refractivity contribution >= 4 is 28.8 Å². The molecule has 1 unspecified atom stereocenters. The number of anilines is 2. The molecule has 1 atom stereocenters. The average Bonchev–Trinajstić information content (AvgIpc) is 3.23. The van der Waals surface area contributed by atoms with Gasteiger partial charge in [0.05, 0.1) is 18.2 Å². The van der Waals surface area contributed by atoms with Crippen molar-refractivity contribution in [3.8, 4) is 5.75 Å². The molecule has 3 aromatic carbocycles. The average molecular weight is 527 g/mol. The van der Waals surface area contributed by atoms with Crippen molar-refractivity contribution in [2.75, 3.05) is 29.5 Å². The molecule has 1 aliphatic heterocycles. The van der Waals surface area contributed by atoms with E-state index in [1.165, 1.54) is 4.90 Å². The molecule has 0 bridgehead atoms. The highest BCUT2D eigenvalue weighted by atomic mass is 16.5. The minimum absolute atomic E-state index is 0.0804. The van der Waals surface area contributed by atoms with Crippen molar-refractivity contribution < 1.29 is 19.4 Å². The number of carbonyl (C=O) groups is 2. The third kappa shape index (κ3) is 5.56. The summed E-state index contributed by atoms with van der Waals surface area (Å²) >= 11 is 0. The number of carbonyl (C=O) groups excluding carboxylic acids is 2. The summed E-state index contributed by atoms with van der Waals surface area (Å²) in [5, 5.41) is 11.5. The fraction of sp³-hybridized carbons (Fsp3) is 0.333. The summed E-state index contributed by atoms with van der Waals surface area (Å²) < 4.78 is 5.79. The highest BCUT2D eigenvalue weighted by Crippen LogP contribution is 2.43. The van der Waals surface area contributed by atoms with Crippen LogP contribution >= 0.6 is 0 Å². The maximum absolute atomic E-state index is 13.5. The molecule has 6 nitrogen and oxygen atoms in total. The minimum Gasteiger partial charge on any atom is -0.507 e. The van der Waals surface area contributed by atoms with Crippen LogP contribution in [-0.2, 0) is 16.0 Å². The van der Waals surface area contributed by atoms with Gasteiger partial charge in [0.1, 0.15) is 11.5 Å². The Balaban J connectivity index is 1.85. The van der Waals surface area contributed by atoms with Crippen molar-refractivity contribution in [3.63, 3.8) is 0 Å². The Morgan fingerprint density at radius 3 is 2.15 bits per heavy atom. The van der Waals surface area contributed by atoms with Crippen LogP contribution in [0.4, 0.5) is 11.4 Å². The Morgan fingerprint density at radius 1 is 0.923 bits per heavy atom. The second-order valence-corrected chi connectivity index (χ2v) is 9.78. The number of hydrogen-bond acceptors (Lipinski definition) is 5. The molecule has 0 aliphatic carbocycles. The fourth-order valence-electron chi connectivity index (χ4n) is 5.09. The lowest BCUT2D eigenvalue weighted by Gasteiger charge is -2.27. The molecular formula is C33H38N2O4. The summed E-state index contributed by atoms with van der Waals surface area (Å²) in [5.41, 5.74) is 4.97. The summed E-state index contributed by atoms with van der Waals surface area (Å²) in [4.78, 5) is 30.8. The molecule has 0 saturated carbocycles. The van der Waals surface area contributed by atoms with Crippen LogP contribution in [0.15, 0.2) is 72.3 Å². The van der Waals surface area contributed by atoms with Gasteiger partial charge in [0.2, 0.25) is 0 Å². The van der Waals surface area contributed by atoms with Gasteiger partial charge < -0.3 is 14.7 Å². The number of hydrogen-bond donors (Lipinski definition) is 1. The van der Waals surface area contributed by atoms with Gasteiger partial charge in [-0.2, -0.15) is 0 Å². The van der Waals surface area contributed by atoms with E-state index in [0.29, 0.717) is 17.9 Å². The number of benzene rings is 3. The number of ether oxygens (including phenoxy) is 1. The van der Waals surface area contributed by atoms with Gasteiger partial charge in [0, 0.05) is 30.0 Å². The number of aliphatic hydroxyl groups is 1. The Morgan fingerprint density at radius 2 is 1.59 bits per heavy atom. The zero-order valence-electron chi connectivity index (χ0n) is 23.5. The number of nitrogens with zero attached hydrogens (tertiary/aromatic N) is 2. The molecule has 204 valence electrons. The topological polar surface area (TPSA) is 70.1 Å². The van der Waals surface area contributed by atoms with Crippen molar-refractivity contribution in [2.24, 2.45) is 0 Å². The van der Waals surface area contributed by atoms with Crippen LogP contribution in [0.25, 0.3) is 5.76 Å². The van der Waals surface area contributed by atoms with Gasteiger partial charge in [0.15, 0.2) is 0 Å². The Bertz CT molecular complexity index is 1360. The van der Waals surface area contributed by atoms with Crippen molar-refractivity contribution in [3.05, 3.63) is 94.6 Å². The standard InChI is InChI=1S/C33H38N2O4/c1-6-20-39-28-19-14-25(21-22(28)5)31(36)29-30(24-12-17-26(18-13-24)34(8-3)9-4)35(33(38)32(29)37)27-15-10-23(7-2)11-16-27/h10-19,21,30,36H,6-9,20H2,1-5H3/b31-29-. The summed E-state index contributed by atoms with van der Waals surface area (Å²) in [7, 11) is 0. The van der Waals surface area contributed by atoms with E-state index >= 15 is 0 Å². The van der Waals surface area contributed by atoms with Crippen molar-refractivity contribution in [1.82, 2.24) is 0 Å². The van der Waals surface area contributed by atoms with Gasteiger partial charge in [-0.3, -0.25) is 14.5 Å². The third-order valence-corrected chi connectivity index (χ3v) is 7.31. The molecule has 1 heterocycles. The van der Waals surface area contributed by atoms with Gasteiger partial charge in [0.25, 0.3) is 11.7 Å². The summed E-state index contributed by atoms with van der Waals surface area (Å²) in [5.74, 6) is -0.815. The van der Waals surface area contributed by atoms with E-state index in [2.05, 4.69) is 25.7 Å². The number of aryl methyl sites for hydroxylation is 2. The van der Waals surface area contributed by atoms with E-state index in [4.69, 9.17) is 4.74 Å². The molecule has 39 heavy (non-hydrogen) atoms. The second-order valence-electron chi connectivity index (χ2n) is 9.78. The highest BCUT2D eigenvalue weighted by Gasteiger charge is 2.47. The SMILES string of the molecule is CCCOc1ccc(/C(O)=C2/C(=O)C(=O)N(c3ccc(CC)cc3)C2c2ccc(N(CC)CC)cc2)cc1C. The first-order chi connectivity index (χ1) is 18.8. The first kappa shape index (κ1) is 28.0. The third-order valence-electron chi connectivity index (χ3n) is 7.31. The fourth-order valence-corrected chi connectivity index (χ4v) is 5.09. The first-order valence-corrected chi connectivity index (χ1v) is 13.8. The molecule has 1 N–H and O–H groups in total. The summed E-state index contributed by atoms with van der Waals surface area (Å²) in [6.45, 7) is 12.6.